The molecule has 1 saturated heterocycles. The number of halogens is 3. The van der Waals surface area contributed by atoms with E-state index in [1.807, 2.05) is 0 Å². The van der Waals surface area contributed by atoms with Crippen LogP contribution in [0.1, 0.15) is 45.4 Å². The van der Waals surface area contributed by atoms with Gasteiger partial charge in [0.05, 0.1) is 18.9 Å². The predicted octanol–water partition coefficient (Wildman–Crippen LogP) is 1.99. The number of rotatable bonds is 4. The van der Waals surface area contributed by atoms with Gasteiger partial charge in [-0.1, -0.05) is 12.8 Å². The van der Waals surface area contributed by atoms with E-state index in [0.717, 1.165) is 25.7 Å². The van der Waals surface area contributed by atoms with Gasteiger partial charge in [0.15, 0.2) is 0 Å². The number of hydrogen-bond donors (Lipinski definition) is 1. The number of amides is 2. The van der Waals surface area contributed by atoms with Crippen molar-refractivity contribution in [1.82, 2.24) is 10.2 Å². The Morgan fingerprint density at radius 2 is 1.90 bits per heavy atom. The van der Waals surface area contributed by atoms with Crippen LogP contribution in [0.15, 0.2) is 0 Å². The van der Waals surface area contributed by atoms with E-state index in [1.165, 1.54) is 11.8 Å². The molecule has 0 aromatic heterocycles. The molecule has 2 unspecified atom stereocenters. The minimum absolute atomic E-state index is 0.0302. The van der Waals surface area contributed by atoms with Gasteiger partial charge in [-0.15, -0.1) is 0 Å². The number of alkyl halides is 3. The number of nitrogens with one attached hydrogen (secondary N) is 1. The minimum atomic E-state index is -4.27. The average molecular weight is 292 g/mol. The highest BCUT2D eigenvalue weighted by molar-refractivity contribution is 6.05. The molecule has 0 spiro atoms. The van der Waals surface area contributed by atoms with Gasteiger partial charge in [-0.25, -0.2) is 0 Å². The highest BCUT2D eigenvalue weighted by Gasteiger charge is 2.44. The molecule has 1 aliphatic carbocycles. The van der Waals surface area contributed by atoms with E-state index in [4.69, 9.17) is 0 Å². The Bertz CT molecular complexity index is 392. The molecule has 0 radical (unpaired) electrons. The van der Waals surface area contributed by atoms with Crippen molar-refractivity contribution in [2.75, 3.05) is 0 Å². The SMILES string of the molecule is CC(CC(F)(F)F)NC1CC(=O)N(C2CCCC2)C1=O. The normalized spacial score (nSPS) is 26.6. The van der Waals surface area contributed by atoms with Crippen molar-refractivity contribution in [2.24, 2.45) is 0 Å². The van der Waals surface area contributed by atoms with Crippen LogP contribution in [0, 0.1) is 0 Å². The van der Waals surface area contributed by atoms with Crippen LogP contribution in [0.2, 0.25) is 0 Å². The van der Waals surface area contributed by atoms with Crippen molar-refractivity contribution in [1.29, 1.82) is 0 Å². The first-order valence-corrected chi connectivity index (χ1v) is 6.96. The summed E-state index contributed by atoms with van der Waals surface area (Å²) in [5, 5.41) is 2.64. The van der Waals surface area contributed by atoms with Gasteiger partial charge in [-0.3, -0.25) is 14.5 Å². The topological polar surface area (TPSA) is 49.4 Å². The lowest BCUT2D eigenvalue weighted by molar-refractivity contribution is -0.144. The summed E-state index contributed by atoms with van der Waals surface area (Å²) in [6.07, 6.45) is -1.71. The first-order valence-electron chi connectivity index (χ1n) is 6.96. The molecular weight excluding hydrogens is 273 g/mol. The summed E-state index contributed by atoms with van der Waals surface area (Å²) < 4.78 is 36.8. The quantitative estimate of drug-likeness (QED) is 0.806. The maximum atomic E-state index is 12.3. The second-order valence-electron chi connectivity index (χ2n) is 5.68. The highest BCUT2D eigenvalue weighted by Crippen LogP contribution is 2.29. The highest BCUT2D eigenvalue weighted by atomic mass is 19.4. The Balaban J connectivity index is 1.94. The number of nitrogens with zero attached hydrogens (tertiary/aromatic N) is 1. The fourth-order valence-electron chi connectivity index (χ4n) is 3.08. The number of hydrogen-bond acceptors (Lipinski definition) is 3. The van der Waals surface area contributed by atoms with Crippen molar-refractivity contribution in [3.63, 3.8) is 0 Å². The third-order valence-electron chi connectivity index (χ3n) is 3.90. The van der Waals surface area contributed by atoms with Gasteiger partial charge in [-0.05, 0) is 19.8 Å². The number of carbonyl (C=O) groups excluding carboxylic acids is 2. The molecule has 0 bridgehead atoms. The number of imide groups is 1. The molecular formula is C13H19F3N2O2. The number of likely N-dealkylation sites (tertiary alicyclic amines) is 1. The standard InChI is InChI=1S/C13H19F3N2O2/c1-8(7-13(14,15)16)17-10-6-11(19)18(12(10)20)9-4-2-3-5-9/h8-10,17H,2-7H2,1H3. The smallest absolute Gasteiger partial charge is 0.303 e. The molecule has 2 rings (SSSR count). The Labute approximate surface area is 115 Å². The molecule has 7 heteroatoms. The summed E-state index contributed by atoms with van der Waals surface area (Å²) >= 11 is 0. The average Bonchev–Trinajstić information content (AvgIpc) is 2.86. The van der Waals surface area contributed by atoms with Crippen LogP contribution in [0.5, 0.6) is 0 Å². The van der Waals surface area contributed by atoms with E-state index in [1.54, 1.807) is 0 Å². The van der Waals surface area contributed by atoms with Crippen molar-refractivity contribution < 1.29 is 22.8 Å². The molecule has 1 aliphatic heterocycles. The second-order valence-corrected chi connectivity index (χ2v) is 5.68. The van der Waals surface area contributed by atoms with Crippen LogP contribution in [0.3, 0.4) is 0 Å². The molecule has 114 valence electrons. The first kappa shape index (κ1) is 15.3. The van der Waals surface area contributed by atoms with Crippen molar-refractivity contribution in [3.8, 4) is 0 Å². The van der Waals surface area contributed by atoms with E-state index in [0.29, 0.717) is 0 Å². The maximum absolute atomic E-state index is 12.3. The van der Waals surface area contributed by atoms with Gasteiger partial charge in [-0.2, -0.15) is 13.2 Å². The zero-order valence-corrected chi connectivity index (χ0v) is 11.4. The van der Waals surface area contributed by atoms with Gasteiger partial charge < -0.3 is 5.32 Å². The second kappa shape index (κ2) is 5.71. The maximum Gasteiger partial charge on any atom is 0.390 e. The van der Waals surface area contributed by atoms with E-state index in [2.05, 4.69) is 5.32 Å². The summed E-state index contributed by atoms with van der Waals surface area (Å²) in [7, 11) is 0. The summed E-state index contributed by atoms with van der Waals surface area (Å²) in [5.41, 5.74) is 0. The molecule has 2 aliphatic rings. The molecule has 0 aromatic rings. The Morgan fingerprint density at radius 3 is 2.45 bits per heavy atom. The summed E-state index contributed by atoms with van der Waals surface area (Å²) in [5.74, 6) is -0.630. The van der Waals surface area contributed by atoms with Crippen molar-refractivity contribution in [3.05, 3.63) is 0 Å². The third kappa shape index (κ3) is 3.50. The fraction of sp³-hybridized carbons (Fsp3) is 0.846. The minimum Gasteiger partial charge on any atom is -0.303 e. The number of carbonyl (C=O) groups is 2. The molecule has 2 amide bonds. The molecule has 4 nitrogen and oxygen atoms in total. The zero-order chi connectivity index (χ0) is 14.9. The molecule has 2 atom stereocenters. The van der Waals surface area contributed by atoms with Crippen LogP contribution >= 0.6 is 0 Å². The molecule has 1 N–H and O–H groups in total. The van der Waals surface area contributed by atoms with Crippen molar-refractivity contribution in [2.45, 2.75) is 69.8 Å². The van der Waals surface area contributed by atoms with Gasteiger partial charge in [0.1, 0.15) is 0 Å². The molecule has 20 heavy (non-hydrogen) atoms. The lowest BCUT2D eigenvalue weighted by Crippen LogP contribution is -2.46. The first-order chi connectivity index (χ1) is 9.28. The van der Waals surface area contributed by atoms with E-state index >= 15 is 0 Å². The molecule has 0 aromatic carbocycles. The monoisotopic (exact) mass is 292 g/mol. The van der Waals surface area contributed by atoms with Crippen LogP contribution < -0.4 is 5.32 Å². The van der Waals surface area contributed by atoms with E-state index in [9.17, 15) is 22.8 Å². The Morgan fingerprint density at radius 1 is 1.30 bits per heavy atom. The van der Waals surface area contributed by atoms with Gasteiger partial charge in [0.2, 0.25) is 11.8 Å². The van der Waals surface area contributed by atoms with Crippen LogP contribution in [0.25, 0.3) is 0 Å². The van der Waals surface area contributed by atoms with E-state index in [-0.39, 0.29) is 24.3 Å². The lowest BCUT2D eigenvalue weighted by atomic mass is 10.1. The Kier molecular flexibility index (Phi) is 4.36. The Hall–Kier alpha value is -1.11. The van der Waals surface area contributed by atoms with Crippen LogP contribution in [-0.2, 0) is 9.59 Å². The van der Waals surface area contributed by atoms with Crippen LogP contribution in [0.4, 0.5) is 13.2 Å². The fourth-order valence-corrected chi connectivity index (χ4v) is 3.08. The largest absolute Gasteiger partial charge is 0.390 e. The zero-order valence-electron chi connectivity index (χ0n) is 11.4. The van der Waals surface area contributed by atoms with Gasteiger partial charge >= 0.3 is 6.18 Å². The van der Waals surface area contributed by atoms with Crippen LogP contribution in [-0.4, -0.2) is 41.0 Å². The van der Waals surface area contributed by atoms with Crippen molar-refractivity contribution >= 4 is 11.8 Å². The van der Waals surface area contributed by atoms with Gasteiger partial charge in [0, 0.05) is 12.1 Å². The van der Waals surface area contributed by atoms with E-state index < -0.39 is 24.7 Å². The summed E-state index contributed by atoms with van der Waals surface area (Å²) in [4.78, 5) is 25.3. The summed E-state index contributed by atoms with van der Waals surface area (Å²) in [6, 6.07) is -1.74. The van der Waals surface area contributed by atoms with Gasteiger partial charge in [0.25, 0.3) is 0 Å². The molecule has 1 heterocycles. The lowest BCUT2D eigenvalue weighted by Gasteiger charge is -2.23. The third-order valence-corrected chi connectivity index (χ3v) is 3.90. The summed E-state index contributed by atoms with van der Waals surface area (Å²) in [6.45, 7) is 1.38. The predicted molar refractivity (Wildman–Crippen MR) is 65.8 cm³/mol. The molecule has 2 fully saturated rings. The molecule has 1 saturated carbocycles.